The van der Waals surface area contributed by atoms with Crippen molar-refractivity contribution < 1.29 is 9.13 Å². The van der Waals surface area contributed by atoms with Crippen LogP contribution in [0.25, 0.3) is 0 Å². The fourth-order valence-electron chi connectivity index (χ4n) is 1.33. The maximum Gasteiger partial charge on any atom is 0.238 e. The van der Waals surface area contributed by atoms with Crippen molar-refractivity contribution in [3.63, 3.8) is 0 Å². The van der Waals surface area contributed by atoms with Gasteiger partial charge in [-0.25, -0.2) is 9.37 Å². The fraction of sp³-hybridized carbons (Fsp3) is 0.0833. The Hall–Kier alpha value is -1.65. The summed E-state index contributed by atoms with van der Waals surface area (Å²) in [5, 5.41) is 0.347. The Labute approximate surface area is 103 Å². The topological polar surface area (TPSA) is 48.1 Å². The number of pyridine rings is 1. The molecule has 0 aliphatic carbocycles. The molecule has 5 heteroatoms. The number of halogens is 2. The molecule has 1 aromatic carbocycles. The SMILES string of the molecule is NCc1ccnc(Oc2cccc(F)c2)c1Cl. The van der Waals surface area contributed by atoms with Gasteiger partial charge in [0.1, 0.15) is 16.6 Å². The molecule has 0 aliphatic rings. The Morgan fingerprint density at radius 3 is 2.88 bits per heavy atom. The Balaban J connectivity index is 2.30. The number of ether oxygens (including phenoxy) is 1. The molecule has 0 atom stereocenters. The largest absolute Gasteiger partial charge is 0.437 e. The lowest BCUT2D eigenvalue weighted by Crippen LogP contribution is -1.99. The predicted octanol–water partition coefficient (Wildman–Crippen LogP) is 3.13. The molecule has 2 aromatic rings. The standard InChI is InChI=1S/C12H10ClFN2O/c13-11-8(7-15)4-5-16-12(11)17-10-3-1-2-9(14)6-10/h1-6H,7,15H2. The van der Waals surface area contributed by atoms with Crippen molar-refractivity contribution >= 4 is 11.6 Å². The van der Waals surface area contributed by atoms with Gasteiger partial charge in [-0.1, -0.05) is 17.7 Å². The maximum absolute atomic E-state index is 13.0. The average molecular weight is 253 g/mol. The van der Waals surface area contributed by atoms with E-state index < -0.39 is 0 Å². The van der Waals surface area contributed by atoms with E-state index in [0.29, 0.717) is 17.3 Å². The molecule has 17 heavy (non-hydrogen) atoms. The van der Waals surface area contributed by atoms with E-state index in [1.54, 1.807) is 24.4 Å². The van der Waals surface area contributed by atoms with Gasteiger partial charge in [-0.05, 0) is 23.8 Å². The third-order valence-electron chi connectivity index (χ3n) is 2.17. The summed E-state index contributed by atoms with van der Waals surface area (Å²) in [6.45, 7) is 0.293. The molecule has 1 aromatic heterocycles. The molecule has 0 radical (unpaired) electrons. The minimum Gasteiger partial charge on any atom is -0.437 e. The number of hydrogen-bond donors (Lipinski definition) is 1. The summed E-state index contributed by atoms with van der Waals surface area (Å²) in [6, 6.07) is 7.47. The molecule has 0 unspecified atom stereocenters. The molecule has 0 bridgehead atoms. The number of nitrogens with zero attached hydrogens (tertiary/aromatic N) is 1. The highest BCUT2D eigenvalue weighted by molar-refractivity contribution is 6.32. The summed E-state index contributed by atoms with van der Waals surface area (Å²) in [7, 11) is 0. The molecule has 0 spiro atoms. The highest BCUT2D eigenvalue weighted by atomic mass is 35.5. The first kappa shape index (κ1) is 11.8. The number of rotatable bonds is 3. The maximum atomic E-state index is 13.0. The van der Waals surface area contributed by atoms with Crippen LogP contribution in [0.3, 0.4) is 0 Å². The third-order valence-corrected chi connectivity index (χ3v) is 2.57. The second kappa shape index (κ2) is 5.12. The van der Waals surface area contributed by atoms with E-state index in [9.17, 15) is 4.39 Å². The normalized spacial score (nSPS) is 10.3. The molecular formula is C12H10ClFN2O. The zero-order valence-corrected chi connectivity index (χ0v) is 9.62. The number of aromatic nitrogens is 1. The zero-order valence-electron chi connectivity index (χ0n) is 8.86. The summed E-state index contributed by atoms with van der Waals surface area (Å²) < 4.78 is 18.4. The van der Waals surface area contributed by atoms with Crippen molar-refractivity contribution in [2.75, 3.05) is 0 Å². The van der Waals surface area contributed by atoms with Gasteiger partial charge >= 0.3 is 0 Å². The Morgan fingerprint density at radius 2 is 2.18 bits per heavy atom. The van der Waals surface area contributed by atoms with E-state index in [4.69, 9.17) is 22.1 Å². The van der Waals surface area contributed by atoms with Crippen LogP contribution in [0.4, 0.5) is 4.39 Å². The molecule has 2 rings (SSSR count). The number of nitrogens with two attached hydrogens (primary N) is 1. The minimum atomic E-state index is -0.381. The Bertz CT molecular complexity index is 534. The van der Waals surface area contributed by atoms with E-state index in [-0.39, 0.29) is 11.7 Å². The van der Waals surface area contributed by atoms with E-state index >= 15 is 0 Å². The summed E-state index contributed by atoms with van der Waals surface area (Å²) in [4.78, 5) is 3.98. The second-order valence-electron chi connectivity index (χ2n) is 3.35. The van der Waals surface area contributed by atoms with Gasteiger partial charge in [0.05, 0.1) is 0 Å². The van der Waals surface area contributed by atoms with Crippen LogP contribution >= 0.6 is 11.6 Å². The molecule has 0 saturated carbocycles. The Kier molecular flexibility index (Phi) is 3.56. The summed E-state index contributed by atoms with van der Waals surface area (Å²) in [6.07, 6.45) is 1.54. The van der Waals surface area contributed by atoms with Crippen LogP contribution in [0, 0.1) is 5.82 Å². The lowest BCUT2D eigenvalue weighted by molar-refractivity contribution is 0.457. The second-order valence-corrected chi connectivity index (χ2v) is 3.73. The third kappa shape index (κ3) is 2.72. The molecule has 1 heterocycles. The van der Waals surface area contributed by atoms with Crippen LogP contribution in [0.1, 0.15) is 5.56 Å². The van der Waals surface area contributed by atoms with E-state index in [1.165, 1.54) is 12.1 Å². The number of benzene rings is 1. The van der Waals surface area contributed by atoms with Crippen LogP contribution in [0.5, 0.6) is 11.6 Å². The molecule has 0 saturated heterocycles. The molecular weight excluding hydrogens is 243 g/mol. The van der Waals surface area contributed by atoms with Crippen molar-refractivity contribution in [3.8, 4) is 11.6 Å². The summed E-state index contributed by atoms with van der Waals surface area (Å²) >= 11 is 6.04. The van der Waals surface area contributed by atoms with Gasteiger partial charge in [0.15, 0.2) is 0 Å². The van der Waals surface area contributed by atoms with Gasteiger partial charge in [0.2, 0.25) is 5.88 Å². The molecule has 2 N–H and O–H groups in total. The van der Waals surface area contributed by atoms with Crippen LogP contribution in [-0.4, -0.2) is 4.98 Å². The molecule has 88 valence electrons. The zero-order chi connectivity index (χ0) is 12.3. The first-order valence-corrected chi connectivity index (χ1v) is 5.35. The lowest BCUT2D eigenvalue weighted by atomic mass is 10.2. The van der Waals surface area contributed by atoms with Crippen molar-refractivity contribution in [2.24, 2.45) is 5.73 Å². The minimum absolute atomic E-state index is 0.222. The van der Waals surface area contributed by atoms with E-state index in [1.807, 2.05) is 0 Å². The van der Waals surface area contributed by atoms with Crippen LogP contribution in [0.15, 0.2) is 36.5 Å². The van der Waals surface area contributed by atoms with E-state index in [0.717, 1.165) is 5.56 Å². The van der Waals surface area contributed by atoms with Gasteiger partial charge in [-0.3, -0.25) is 0 Å². The van der Waals surface area contributed by atoms with Gasteiger partial charge in [-0.15, -0.1) is 0 Å². The van der Waals surface area contributed by atoms with Crippen molar-refractivity contribution in [2.45, 2.75) is 6.54 Å². The quantitative estimate of drug-likeness (QED) is 0.913. The van der Waals surface area contributed by atoms with Crippen molar-refractivity contribution in [1.82, 2.24) is 4.98 Å². The van der Waals surface area contributed by atoms with Crippen LogP contribution in [0.2, 0.25) is 5.02 Å². The first-order chi connectivity index (χ1) is 8.20. The fourth-order valence-corrected chi connectivity index (χ4v) is 1.56. The van der Waals surface area contributed by atoms with Gasteiger partial charge in [-0.2, -0.15) is 0 Å². The molecule has 0 amide bonds. The van der Waals surface area contributed by atoms with Gasteiger partial charge in [0, 0.05) is 18.8 Å². The first-order valence-electron chi connectivity index (χ1n) is 4.97. The highest BCUT2D eigenvalue weighted by Gasteiger charge is 2.08. The monoisotopic (exact) mass is 252 g/mol. The van der Waals surface area contributed by atoms with Gasteiger partial charge in [0.25, 0.3) is 0 Å². The van der Waals surface area contributed by atoms with Crippen LogP contribution < -0.4 is 10.5 Å². The molecule has 0 aliphatic heterocycles. The predicted molar refractivity (Wildman–Crippen MR) is 63.6 cm³/mol. The van der Waals surface area contributed by atoms with Crippen molar-refractivity contribution in [3.05, 3.63) is 52.9 Å². The summed E-state index contributed by atoms with van der Waals surface area (Å²) in [5.41, 5.74) is 6.24. The van der Waals surface area contributed by atoms with Gasteiger partial charge < -0.3 is 10.5 Å². The highest BCUT2D eigenvalue weighted by Crippen LogP contribution is 2.29. The van der Waals surface area contributed by atoms with Crippen molar-refractivity contribution in [1.29, 1.82) is 0 Å². The van der Waals surface area contributed by atoms with Crippen LogP contribution in [-0.2, 0) is 6.54 Å². The lowest BCUT2D eigenvalue weighted by Gasteiger charge is -2.08. The smallest absolute Gasteiger partial charge is 0.238 e. The molecule has 0 fully saturated rings. The Morgan fingerprint density at radius 1 is 1.35 bits per heavy atom. The summed E-state index contributed by atoms with van der Waals surface area (Å²) in [5.74, 6) is 0.183. The number of hydrogen-bond acceptors (Lipinski definition) is 3. The molecule has 3 nitrogen and oxygen atoms in total. The van der Waals surface area contributed by atoms with E-state index in [2.05, 4.69) is 4.98 Å². The average Bonchev–Trinajstić information content (AvgIpc) is 2.32.